The van der Waals surface area contributed by atoms with Gasteiger partial charge in [-0.3, -0.25) is 0 Å². The molecule has 6 nitrogen and oxygen atoms in total. The molecule has 3 rings (SSSR count). The van der Waals surface area contributed by atoms with Crippen molar-refractivity contribution >= 4 is 6.01 Å². The Kier molecular flexibility index (Phi) is 4.36. The minimum Gasteiger partial charge on any atom is -0.408 e. The molecule has 0 aliphatic rings. The standard InChI is InChI=1S/C16H18FN5O/c1-3-4-15-19-20-16(23-15)21(2)10-12-9-18-22(11-12)14-7-5-13(17)6-8-14/h5-9,11H,3-4,10H2,1-2H3. The summed E-state index contributed by atoms with van der Waals surface area (Å²) in [5, 5.41) is 12.4. The fourth-order valence-electron chi connectivity index (χ4n) is 2.23. The molecule has 0 spiro atoms. The zero-order valence-corrected chi connectivity index (χ0v) is 13.1. The van der Waals surface area contributed by atoms with Gasteiger partial charge in [-0.25, -0.2) is 9.07 Å². The maximum absolute atomic E-state index is 13.0. The second-order valence-electron chi connectivity index (χ2n) is 5.35. The van der Waals surface area contributed by atoms with Crippen molar-refractivity contribution in [3.63, 3.8) is 0 Å². The van der Waals surface area contributed by atoms with Crippen LogP contribution in [-0.4, -0.2) is 27.0 Å². The van der Waals surface area contributed by atoms with E-state index >= 15 is 0 Å². The number of rotatable bonds is 6. The molecule has 0 unspecified atom stereocenters. The molecule has 0 bridgehead atoms. The average molecular weight is 315 g/mol. The van der Waals surface area contributed by atoms with Gasteiger partial charge in [0.1, 0.15) is 5.82 Å². The highest BCUT2D eigenvalue weighted by molar-refractivity contribution is 5.32. The van der Waals surface area contributed by atoms with Crippen molar-refractivity contribution in [2.45, 2.75) is 26.3 Å². The van der Waals surface area contributed by atoms with Crippen LogP contribution in [0.5, 0.6) is 0 Å². The molecule has 7 heteroatoms. The summed E-state index contributed by atoms with van der Waals surface area (Å²) >= 11 is 0. The summed E-state index contributed by atoms with van der Waals surface area (Å²) in [5.74, 6) is 0.386. The number of benzene rings is 1. The van der Waals surface area contributed by atoms with Gasteiger partial charge in [0.2, 0.25) is 5.89 Å². The number of anilines is 1. The van der Waals surface area contributed by atoms with Crippen LogP contribution in [0.3, 0.4) is 0 Å². The maximum Gasteiger partial charge on any atom is 0.318 e. The fraction of sp³-hybridized carbons (Fsp3) is 0.312. The Labute approximate surface area is 133 Å². The van der Waals surface area contributed by atoms with Crippen LogP contribution in [-0.2, 0) is 13.0 Å². The van der Waals surface area contributed by atoms with Crippen molar-refractivity contribution in [2.75, 3.05) is 11.9 Å². The molecule has 2 aromatic heterocycles. The first kappa shape index (κ1) is 15.2. The summed E-state index contributed by atoms with van der Waals surface area (Å²) in [6.07, 6.45) is 5.41. The van der Waals surface area contributed by atoms with Crippen molar-refractivity contribution in [2.24, 2.45) is 0 Å². The van der Waals surface area contributed by atoms with E-state index in [2.05, 4.69) is 22.2 Å². The Hall–Kier alpha value is -2.70. The predicted octanol–water partition coefficient (Wildman–Crippen LogP) is 2.98. The molecule has 23 heavy (non-hydrogen) atoms. The first-order valence-corrected chi connectivity index (χ1v) is 7.48. The quantitative estimate of drug-likeness (QED) is 0.700. The van der Waals surface area contributed by atoms with E-state index in [4.69, 9.17) is 4.42 Å². The summed E-state index contributed by atoms with van der Waals surface area (Å²) in [6, 6.07) is 6.69. The Bertz CT molecular complexity index is 765. The number of nitrogens with zero attached hydrogens (tertiary/aromatic N) is 5. The Morgan fingerprint density at radius 2 is 2.00 bits per heavy atom. The van der Waals surface area contributed by atoms with E-state index in [0.717, 1.165) is 24.1 Å². The van der Waals surface area contributed by atoms with E-state index in [-0.39, 0.29) is 5.82 Å². The molecule has 0 atom stereocenters. The van der Waals surface area contributed by atoms with E-state index in [9.17, 15) is 4.39 Å². The monoisotopic (exact) mass is 315 g/mol. The van der Waals surface area contributed by atoms with Crippen LogP contribution in [0.4, 0.5) is 10.4 Å². The van der Waals surface area contributed by atoms with Gasteiger partial charge in [-0.2, -0.15) is 5.10 Å². The molecule has 0 fully saturated rings. The lowest BCUT2D eigenvalue weighted by Gasteiger charge is -2.11. The number of aryl methyl sites for hydroxylation is 1. The summed E-state index contributed by atoms with van der Waals surface area (Å²) in [6.45, 7) is 2.66. The number of hydrogen-bond donors (Lipinski definition) is 0. The van der Waals surface area contributed by atoms with E-state index in [1.807, 2.05) is 18.1 Å². The third kappa shape index (κ3) is 3.56. The second-order valence-corrected chi connectivity index (χ2v) is 5.35. The smallest absolute Gasteiger partial charge is 0.318 e. The SMILES string of the molecule is CCCc1nnc(N(C)Cc2cnn(-c3ccc(F)cc3)c2)o1. The minimum atomic E-state index is -0.264. The van der Waals surface area contributed by atoms with Gasteiger partial charge in [0.25, 0.3) is 0 Å². The highest BCUT2D eigenvalue weighted by atomic mass is 19.1. The summed E-state index contributed by atoms with van der Waals surface area (Å²) < 4.78 is 20.3. The lowest BCUT2D eigenvalue weighted by atomic mass is 10.3. The molecule has 0 saturated carbocycles. The van der Waals surface area contributed by atoms with Crippen molar-refractivity contribution in [1.29, 1.82) is 0 Å². The molecule has 0 aliphatic heterocycles. The molecule has 1 aromatic carbocycles. The molecule has 0 saturated heterocycles. The normalized spacial score (nSPS) is 10.9. The zero-order chi connectivity index (χ0) is 16.2. The summed E-state index contributed by atoms with van der Waals surface area (Å²) in [4.78, 5) is 1.87. The van der Waals surface area contributed by atoms with E-state index in [1.165, 1.54) is 12.1 Å². The maximum atomic E-state index is 13.0. The van der Waals surface area contributed by atoms with Gasteiger partial charge < -0.3 is 9.32 Å². The molecule has 2 heterocycles. The van der Waals surface area contributed by atoms with Crippen LogP contribution in [0, 0.1) is 5.82 Å². The molecular weight excluding hydrogens is 297 g/mol. The van der Waals surface area contributed by atoms with Gasteiger partial charge in [-0.15, -0.1) is 5.10 Å². The zero-order valence-electron chi connectivity index (χ0n) is 13.1. The lowest BCUT2D eigenvalue weighted by molar-refractivity contribution is 0.485. The summed E-state index contributed by atoms with van der Waals surface area (Å²) in [7, 11) is 1.89. The third-order valence-corrected chi connectivity index (χ3v) is 3.39. The predicted molar refractivity (Wildman–Crippen MR) is 83.9 cm³/mol. The Balaban J connectivity index is 1.69. The van der Waals surface area contributed by atoms with Gasteiger partial charge in [0.05, 0.1) is 18.4 Å². The van der Waals surface area contributed by atoms with Crippen LogP contribution in [0.15, 0.2) is 41.1 Å². The van der Waals surface area contributed by atoms with Crippen LogP contribution < -0.4 is 4.90 Å². The van der Waals surface area contributed by atoms with Gasteiger partial charge in [0, 0.05) is 25.2 Å². The van der Waals surface area contributed by atoms with E-state index < -0.39 is 0 Å². The molecule has 120 valence electrons. The largest absolute Gasteiger partial charge is 0.408 e. The summed E-state index contributed by atoms with van der Waals surface area (Å²) in [5.41, 5.74) is 1.80. The molecular formula is C16H18FN5O. The fourth-order valence-corrected chi connectivity index (χ4v) is 2.23. The minimum absolute atomic E-state index is 0.264. The van der Waals surface area contributed by atoms with Crippen molar-refractivity contribution in [3.8, 4) is 5.69 Å². The average Bonchev–Trinajstić information content (AvgIpc) is 3.18. The van der Waals surface area contributed by atoms with Crippen LogP contribution >= 0.6 is 0 Å². The molecule has 0 N–H and O–H groups in total. The van der Waals surface area contributed by atoms with Crippen LogP contribution in [0.1, 0.15) is 24.8 Å². The highest BCUT2D eigenvalue weighted by Crippen LogP contribution is 2.16. The molecule has 0 amide bonds. The molecule has 3 aromatic rings. The number of aromatic nitrogens is 4. The van der Waals surface area contributed by atoms with Crippen molar-refractivity contribution in [1.82, 2.24) is 20.0 Å². The van der Waals surface area contributed by atoms with Crippen molar-refractivity contribution < 1.29 is 8.81 Å². The van der Waals surface area contributed by atoms with Gasteiger partial charge in [-0.05, 0) is 30.7 Å². The van der Waals surface area contributed by atoms with E-state index in [0.29, 0.717) is 18.5 Å². The molecule has 0 aliphatic carbocycles. The Morgan fingerprint density at radius 3 is 2.74 bits per heavy atom. The topological polar surface area (TPSA) is 60.0 Å². The Morgan fingerprint density at radius 1 is 1.22 bits per heavy atom. The van der Waals surface area contributed by atoms with Crippen LogP contribution in [0.25, 0.3) is 5.69 Å². The van der Waals surface area contributed by atoms with Gasteiger partial charge in [0.15, 0.2) is 0 Å². The first-order valence-electron chi connectivity index (χ1n) is 7.48. The number of hydrogen-bond acceptors (Lipinski definition) is 5. The van der Waals surface area contributed by atoms with Gasteiger partial charge in [-0.1, -0.05) is 12.0 Å². The highest BCUT2D eigenvalue weighted by Gasteiger charge is 2.12. The molecule has 0 radical (unpaired) electrons. The van der Waals surface area contributed by atoms with E-state index in [1.54, 1.807) is 23.0 Å². The second kappa shape index (κ2) is 6.60. The third-order valence-electron chi connectivity index (χ3n) is 3.39. The van der Waals surface area contributed by atoms with Crippen LogP contribution in [0.2, 0.25) is 0 Å². The number of halogens is 1. The van der Waals surface area contributed by atoms with Gasteiger partial charge >= 0.3 is 6.01 Å². The van der Waals surface area contributed by atoms with Crippen molar-refractivity contribution in [3.05, 3.63) is 53.9 Å². The first-order chi connectivity index (χ1) is 11.2. The lowest BCUT2D eigenvalue weighted by Crippen LogP contribution is -2.16.